The van der Waals surface area contributed by atoms with Gasteiger partial charge in [0.2, 0.25) is 0 Å². The van der Waals surface area contributed by atoms with Crippen molar-refractivity contribution in [1.82, 2.24) is 0 Å². The zero-order chi connectivity index (χ0) is 14.8. The highest BCUT2D eigenvalue weighted by Crippen LogP contribution is 2.43. The van der Waals surface area contributed by atoms with Crippen LogP contribution in [0.5, 0.6) is 5.75 Å². The number of hydrogen-bond acceptors (Lipinski definition) is 3. The largest absolute Gasteiger partial charge is 0.484 e. The lowest BCUT2D eigenvalue weighted by molar-refractivity contribution is -0.145. The summed E-state index contributed by atoms with van der Waals surface area (Å²) in [6, 6.07) is 12.0. The fraction of sp³-hybridized carbons (Fsp3) is 0.235. The fourth-order valence-corrected chi connectivity index (χ4v) is 2.57. The molecule has 3 rings (SSSR count). The second-order valence-corrected chi connectivity index (χ2v) is 4.84. The van der Waals surface area contributed by atoms with Crippen molar-refractivity contribution in [1.29, 1.82) is 0 Å². The Morgan fingerprint density at radius 2 is 2.05 bits per heavy atom. The minimum atomic E-state index is -0.449. The lowest BCUT2D eigenvalue weighted by atomic mass is 9.91. The van der Waals surface area contributed by atoms with E-state index in [0.29, 0.717) is 12.4 Å². The fourth-order valence-electron chi connectivity index (χ4n) is 2.57. The third-order valence-corrected chi connectivity index (χ3v) is 3.47. The van der Waals surface area contributed by atoms with Crippen LogP contribution in [-0.4, -0.2) is 12.6 Å². The second kappa shape index (κ2) is 5.56. The molecule has 0 bridgehead atoms. The summed E-state index contributed by atoms with van der Waals surface area (Å²) in [5, 5.41) is 0. The van der Waals surface area contributed by atoms with Crippen molar-refractivity contribution in [3.63, 3.8) is 0 Å². The van der Waals surface area contributed by atoms with Crippen LogP contribution in [0.3, 0.4) is 0 Å². The van der Waals surface area contributed by atoms with E-state index in [1.165, 1.54) is 12.1 Å². The summed E-state index contributed by atoms with van der Waals surface area (Å²) < 4.78 is 24.4. The number of benzene rings is 2. The quantitative estimate of drug-likeness (QED) is 0.803. The first-order valence-corrected chi connectivity index (χ1v) is 6.90. The van der Waals surface area contributed by atoms with Gasteiger partial charge in [0.25, 0.3) is 0 Å². The van der Waals surface area contributed by atoms with Gasteiger partial charge >= 0.3 is 5.97 Å². The van der Waals surface area contributed by atoms with E-state index in [2.05, 4.69) is 0 Å². The van der Waals surface area contributed by atoms with Crippen molar-refractivity contribution in [2.75, 3.05) is 6.61 Å². The van der Waals surface area contributed by atoms with Crippen LogP contribution in [0.4, 0.5) is 4.39 Å². The molecule has 1 aliphatic heterocycles. The van der Waals surface area contributed by atoms with E-state index >= 15 is 0 Å². The molecule has 0 aliphatic carbocycles. The third kappa shape index (κ3) is 2.61. The van der Waals surface area contributed by atoms with Crippen LogP contribution in [0.1, 0.15) is 25.0 Å². The van der Waals surface area contributed by atoms with E-state index in [4.69, 9.17) is 9.47 Å². The molecule has 0 N–H and O–H groups in total. The van der Waals surface area contributed by atoms with E-state index in [1.54, 1.807) is 13.0 Å². The highest BCUT2D eigenvalue weighted by atomic mass is 19.1. The van der Waals surface area contributed by atoms with Crippen LogP contribution in [0, 0.1) is 5.82 Å². The Bertz CT molecular complexity index is 681. The second-order valence-electron chi connectivity index (χ2n) is 4.84. The van der Waals surface area contributed by atoms with Gasteiger partial charge in [-0.1, -0.05) is 24.3 Å². The van der Waals surface area contributed by atoms with Gasteiger partial charge in [-0.15, -0.1) is 0 Å². The molecule has 1 atom stereocenters. The topological polar surface area (TPSA) is 35.5 Å². The van der Waals surface area contributed by atoms with Crippen LogP contribution in [0.25, 0.3) is 11.1 Å². The Morgan fingerprint density at radius 1 is 1.24 bits per heavy atom. The molecular weight excluding hydrogens is 271 g/mol. The maximum atomic E-state index is 13.6. The number of carbonyl (C=O) groups is 1. The van der Waals surface area contributed by atoms with Gasteiger partial charge in [0.1, 0.15) is 17.7 Å². The zero-order valence-corrected chi connectivity index (χ0v) is 11.6. The number of hydrogen-bond donors (Lipinski definition) is 0. The van der Waals surface area contributed by atoms with Gasteiger partial charge in [0, 0.05) is 11.1 Å². The van der Waals surface area contributed by atoms with E-state index < -0.39 is 6.10 Å². The average Bonchev–Trinajstić information content (AvgIpc) is 2.47. The van der Waals surface area contributed by atoms with Gasteiger partial charge in [0.15, 0.2) is 0 Å². The number of esters is 1. The van der Waals surface area contributed by atoms with Gasteiger partial charge in [-0.2, -0.15) is 0 Å². The molecule has 0 radical (unpaired) electrons. The van der Waals surface area contributed by atoms with Crippen molar-refractivity contribution in [3.8, 4) is 16.9 Å². The molecule has 3 nitrogen and oxygen atoms in total. The Kier molecular flexibility index (Phi) is 3.60. The van der Waals surface area contributed by atoms with E-state index in [0.717, 1.165) is 16.7 Å². The van der Waals surface area contributed by atoms with E-state index in [9.17, 15) is 9.18 Å². The molecule has 0 spiro atoms. The van der Waals surface area contributed by atoms with Crippen molar-refractivity contribution < 1.29 is 18.7 Å². The molecule has 1 unspecified atom stereocenters. The summed E-state index contributed by atoms with van der Waals surface area (Å²) in [5.41, 5.74) is 2.42. The molecule has 4 heteroatoms. The predicted octanol–water partition coefficient (Wildman–Crippen LogP) is 3.88. The van der Waals surface area contributed by atoms with Crippen molar-refractivity contribution >= 4 is 5.97 Å². The predicted molar refractivity (Wildman–Crippen MR) is 76.5 cm³/mol. The van der Waals surface area contributed by atoms with Crippen LogP contribution in [0.15, 0.2) is 42.5 Å². The van der Waals surface area contributed by atoms with Crippen LogP contribution >= 0.6 is 0 Å². The Morgan fingerprint density at radius 3 is 2.86 bits per heavy atom. The van der Waals surface area contributed by atoms with Gasteiger partial charge in [-0.3, -0.25) is 4.79 Å². The molecule has 1 aliphatic rings. The number of carbonyl (C=O) groups excluding carboxylic acids is 1. The summed E-state index contributed by atoms with van der Waals surface area (Å²) in [4.78, 5) is 11.7. The first kappa shape index (κ1) is 13.6. The van der Waals surface area contributed by atoms with Gasteiger partial charge in [-0.25, -0.2) is 4.39 Å². The molecule has 0 saturated heterocycles. The lowest BCUT2D eigenvalue weighted by Crippen LogP contribution is -2.19. The maximum absolute atomic E-state index is 13.6. The number of fused-ring (bicyclic) bond motifs is 3. The molecule has 21 heavy (non-hydrogen) atoms. The normalized spacial score (nSPS) is 15.6. The molecule has 2 aromatic rings. The Balaban J connectivity index is 2.02. The summed E-state index contributed by atoms with van der Waals surface area (Å²) in [6.07, 6.45) is -0.338. The van der Waals surface area contributed by atoms with Crippen molar-refractivity contribution in [2.24, 2.45) is 0 Å². The Hall–Kier alpha value is -2.36. The summed E-state index contributed by atoms with van der Waals surface area (Å²) >= 11 is 0. The average molecular weight is 286 g/mol. The van der Waals surface area contributed by atoms with Crippen molar-refractivity contribution in [3.05, 3.63) is 53.8 Å². The van der Waals surface area contributed by atoms with Crippen LogP contribution < -0.4 is 4.74 Å². The molecule has 0 amide bonds. The summed E-state index contributed by atoms with van der Waals surface area (Å²) in [5.74, 6) is 0.0300. The molecule has 0 saturated carbocycles. The highest BCUT2D eigenvalue weighted by molar-refractivity contribution is 5.78. The smallest absolute Gasteiger partial charge is 0.309 e. The van der Waals surface area contributed by atoms with E-state index in [-0.39, 0.29) is 18.2 Å². The standard InChI is InChI=1S/C17H15FO3/c1-2-20-17(19)10-16-13-8-7-11(18)9-14(13)12-5-3-4-6-15(12)21-16/h3-9,16H,2,10H2,1H3. The van der Waals surface area contributed by atoms with Gasteiger partial charge in [0.05, 0.1) is 13.0 Å². The monoisotopic (exact) mass is 286 g/mol. The highest BCUT2D eigenvalue weighted by Gasteiger charge is 2.28. The molecule has 0 fully saturated rings. The molecular formula is C17H15FO3. The van der Waals surface area contributed by atoms with E-state index in [1.807, 2.05) is 24.3 Å². The number of ether oxygens (including phenoxy) is 2. The molecule has 2 aromatic carbocycles. The van der Waals surface area contributed by atoms with Crippen molar-refractivity contribution in [2.45, 2.75) is 19.4 Å². The number of halogens is 1. The summed E-state index contributed by atoms with van der Waals surface area (Å²) in [6.45, 7) is 2.09. The summed E-state index contributed by atoms with van der Waals surface area (Å²) in [7, 11) is 0. The van der Waals surface area contributed by atoms with Gasteiger partial charge in [-0.05, 0) is 30.7 Å². The number of para-hydroxylation sites is 1. The molecule has 1 heterocycles. The maximum Gasteiger partial charge on any atom is 0.309 e. The van der Waals surface area contributed by atoms with Gasteiger partial charge < -0.3 is 9.47 Å². The van der Waals surface area contributed by atoms with Crippen LogP contribution in [0.2, 0.25) is 0 Å². The van der Waals surface area contributed by atoms with Crippen LogP contribution in [-0.2, 0) is 9.53 Å². The molecule has 108 valence electrons. The third-order valence-electron chi connectivity index (χ3n) is 3.47. The first-order valence-electron chi connectivity index (χ1n) is 6.90. The first-order chi connectivity index (χ1) is 10.2. The number of rotatable bonds is 3. The zero-order valence-electron chi connectivity index (χ0n) is 11.6. The molecule has 0 aromatic heterocycles. The minimum Gasteiger partial charge on any atom is -0.484 e. The Labute approximate surface area is 122 Å². The minimum absolute atomic E-state index is 0.112. The lowest BCUT2D eigenvalue weighted by Gasteiger charge is -2.28. The SMILES string of the molecule is CCOC(=O)CC1Oc2ccccc2-c2cc(F)ccc21.